The molecule has 42 heavy (non-hydrogen) atoms. The molecule has 2 atom stereocenters. The number of pyridine rings is 1. The van der Waals surface area contributed by atoms with Gasteiger partial charge in [0, 0.05) is 36.9 Å². The zero-order valence-corrected chi connectivity index (χ0v) is 23.6. The number of thioether (sulfide) groups is 1. The summed E-state index contributed by atoms with van der Waals surface area (Å²) in [5, 5.41) is 8.21. The highest BCUT2D eigenvalue weighted by Gasteiger charge is 2.43. The molecule has 3 N–H and O–H groups in total. The van der Waals surface area contributed by atoms with Crippen LogP contribution >= 0.6 is 11.8 Å². The highest BCUT2D eigenvalue weighted by molar-refractivity contribution is 7.99. The molecule has 1 aliphatic heterocycles. The van der Waals surface area contributed by atoms with Crippen molar-refractivity contribution in [1.29, 1.82) is 0 Å². The second-order valence-electron chi connectivity index (χ2n) is 9.64. The topological polar surface area (TPSA) is 113 Å². The van der Waals surface area contributed by atoms with Crippen LogP contribution in [0.15, 0.2) is 109 Å². The summed E-state index contributed by atoms with van der Waals surface area (Å²) in [4.78, 5) is 44.5. The lowest BCUT2D eigenvalue weighted by atomic mass is 10.2. The van der Waals surface area contributed by atoms with E-state index in [9.17, 15) is 14.4 Å². The normalized spacial score (nSPS) is 16.0. The van der Waals surface area contributed by atoms with Crippen molar-refractivity contribution in [3.63, 3.8) is 0 Å². The monoisotopic (exact) mass is 581 g/mol. The van der Waals surface area contributed by atoms with E-state index in [2.05, 4.69) is 20.9 Å². The van der Waals surface area contributed by atoms with Gasteiger partial charge in [-0.2, -0.15) is 0 Å². The Hall–Kier alpha value is -4.83. The highest BCUT2D eigenvalue weighted by atomic mass is 32.2. The lowest BCUT2D eigenvalue weighted by Gasteiger charge is -2.28. The number of nitrogens with zero attached hydrogens (tertiary/aromatic N) is 2. The molecule has 0 bridgehead atoms. The Bertz CT molecular complexity index is 1470. The minimum Gasteiger partial charge on any atom is -0.444 e. The number of anilines is 1. The maximum absolute atomic E-state index is 13.4. The molecular weight excluding hydrogens is 550 g/mol. The van der Waals surface area contributed by atoms with Crippen molar-refractivity contribution in [2.45, 2.75) is 31.1 Å². The molecule has 0 aliphatic carbocycles. The van der Waals surface area contributed by atoms with Crippen LogP contribution in [0.25, 0.3) is 0 Å². The smallest absolute Gasteiger partial charge is 0.412 e. The second kappa shape index (κ2) is 14.2. The number of urea groups is 1. The molecule has 214 valence electrons. The molecule has 4 amide bonds. The molecule has 9 nitrogen and oxygen atoms in total. The zero-order chi connectivity index (χ0) is 29.1. The summed E-state index contributed by atoms with van der Waals surface area (Å²) in [7, 11) is 0. The zero-order valence-electron chi connectivity index (χ0n) is 22.8. The molecular formula is C32H31N5O4S. The third-order valence-corrected chi connectivity index (χ3v) is 8.00. The van der Waals surface area contributed by atoms with Crippen molar-refractivity contribution < 1.29 is 19.1 Å². The van der Waals surface area contributed by atoms with Crippen molar-refractivity contribution in [3.05, 3.63) is 132 Å². The summed E-state index contributed by atoms with van der Waals surface area (Å²) in [6.45, 7) is 0.886. The van der Waals surface area contributed by atoms with Gasteiger partial charge in [0.25, 0.3) is 0 Å². The van der Waals surface area contributed by atoms with Crippen LogP contribution in [0, 0.1) is 0 Å². The van der Waals surface area contributed by atoms with E-state index in [1.165, 1.54) is 16.7 Å². The summed E-state index contributed by atoms with van der Waals surface area (Å²) in [5.74, 6) is 0.112. The Labute approximate surface area is 248 Å². The van der Waals surface area contributed by atoms with Crippen LogP contribution in [0.4, 0.5) is 15.3 Å². The standard InChI is InChI=1S/C32H31N5O4S/c38-29(36-27-13-11-24(12-14-27)20-35-31(39)34-19-23-7-3-1-4-8-23)28-22-42-30(26-15-17-33-18-16-26)37(28)32(40)41-21-25-9-5-2-6-10-25/h1-18,28,30H,19-22H2,(H,36,38)(H2,34,35,39)/t28-,30?/m0/s1. The van der Waals surface area contributed by atoms with E-state index in [1.807, 2.05) is 84.9 Å². The van der Waals surface area contributed by atoms with Crippen LogP contribution in [-0.2, 0) is 29.2 Å². The van der Waals surface area contributed by atoms with Gasteiger partial charge in [-0.05, 0) is 46.5 Å². The van der Waals surface area contributed by atoms with Crippen LogP contribution in [0.2, 0.25) is 0 Å². The summed E-state index contributed by atoms with van der Waals surface area (Å²) in [6, 6.07) is 29.0. The van der Waals surface area contributed by atoms with Gasteiger partial charge >= 0.3 is 12.1 Å². The van der Waals surface area contributed by atoms with Crippen molar-refractivity contribution in [2.75, 3.05) is 11.1 Å². The van der Waals surface area contributed by atoms with Crippen molar-refractivity contribution in [3.8, 4) is 0 Å². The number of nitrogens with one attached hydrogen (secondary N) is 3. The fourth-order valence-electron chi connectivity index (χ4n) is 4.46. The number of amides is 4. The van der Waals surface area contributed by atoms with Crippen LogP contribution in [-0.4, -0.2) is 39.7 Å². The fraction of sp³-hybridized carbons (Fsp3) is 0.188. The van der Waals surface area contributed by atoms with Crippen LogP contribution in [0.1, 0.15) is 27.6 Å². The lowest BCUT2D eigenvalue weighted by molar-refractivity contribution is -0.120. The number of carbonyl (C=O) groups is 3. The minimum absolute atomic E-state index is 0.109. The number of rotatable bonds is 9. The van der Waals surface area contributed by atoms with Gasteiger partial charge in [0.1, 0.15) is 18.0 Å². The number of hydrogen-bond donors (Lipinski definition) is 3. The maximum atomic E-state index is 13.4. The summed E-state index contributed by atoms with van der Waals surface area (Å²) in [5.41, 5.74) is 4.22. The average Bonchev–Trinajstić information content (AvgIpc) is 3.49. The first-order valence-electron chi connectivity index (χ1n) is 13.5. The van der Waals surface area contributed by atoms with E-state index in [0.717, 1.165) is 22.3 Å². The quantitative estimate of drug-likeness (QED) is 0.242. The second-order valence-corrected chi connectivity index (χ2v) is 10.8. The van der Waals surface area contributed by atoms with Gasteiger partial charge in [0.2, 0.25) is 5.91 Å². The Morgan fingerprint density at radius 1 is 0.786 bits per heavy atom. The molecule has 1 saturated heterocycles. The SMILES string of the molecule is O=C(NCc1ccccc1)NCc1ccc(NC(=O)[C@@H]2CSC(c3ccncc3)N2C(=O)OCc2ccccc2)cc1. The molecule has 0 spiro atoms. The highest BCUT2D eigenvalue weighted by Crippen LogP contribution is 2.42. The predicted octanol–water partition coefficient (Wildman–Crippen LogP) is 5.47. The first-order valence-corrected chi connectivity index (χ1v) is 14.6. The summed E-state index contributed by atoms with van der Waals surface area (Å²) in [6.07, 6.45) is 2.78. The molecule has 1 aliphatic rings. The van der Waals surface area contributed by atoms with Crippen LogP contribution in [0.5, 0.6) is 0 Å². The molecule has 2 heterocycles. The van der Waals surface area contributed by atoms with Crippen molar-refractivity contribution in [1.82, 2.24) is 20.5 Å². The molecule has 5 rings (SSSR count). The number of benzene rings is 3. The van der Waals surface area contributed by atoms with Crippen molar-refractivity contribution in [2.24, 2.45) is 0 Å². The molecule has 0 radical (unpaired) electrons. The van der Waals surface area contributed by atoms with Gasteiger partial charge in [-0.25, -0.2) is 9.59 Å². The molecule has 0 saturated carbocycles. The molecule has 10 heteroatoms. The Morgan fingerprint density at radius 2 is 1.38 bits per heavy atom. The van der Waals surface area contributed by atoms with E-state index in [-0.39, 0.29) is 23.9 Å². The average molecular weight is 582 g/mol. The van der Waals surface area contributed by atoms with Gasteiger partial charge in [-0.15, -0.1) is 11.8 Å². The fourth-order valence-corrected chi connectivity index (χ4v) is 5.88. The van der Waals surface area contributed by atoms with Gasteiger partial charge in [0.15, 0.2) is 0 Å². The van der Waals surface area contributed by atoms with Gasteiger partial charge < -0.3 is 20.7 Å². The first kappa shape index (κ1) is 28.7. The lowest BCUT2D eigenvalue weighted by Crippen LogP contribution is -2.45. The number of carbonyl (C=O) groups excluding carboxylic acids is 3. The summed E-state index contributed by atoms with van der Waals surface area (Å²) < 4.78 is 5.64. The molecule has 1 aromatic heterocycles. The minimum atomic E-state index is -0.730. The number of aromatic nitrogens is 1. The maximum Gasteiger partial charge on any atom is 0.412 e. The molecule has 3 aromatic carbocycles. The first-order chi connectivity index (χ1) is 20.6. The van der Waals surface area contributed by atoms with Crippen LogP contribution < -0.4 is 16.0 Å². The number of ether oxygens (including phenoxy) is 1. The summed E-state index contributed by atoms with van der Waals surface area (Å²) >= 11 is 1.51. The third-order valence-electron chi connectivity index (χ3n) is 6.68. The molecule has 1 fully saturated rings. The Balaban J connectivity index is 1.18. The van der Waals surface area contributed by atoms with Gasteiger partial charge in [0.05, 0.1) is 0 Å². The largest absolute Gasteiger partial charge is 0.444 e. The van der Waals surface area contributed by atoms with Crippen molar-refractivity contribution >= 4 is 35.5 Å². The molecule has 1 unspecified atom stereocenters. The Morgan fingerprint density at radius 3 is 2.02 bits per heavy atom. The van der Waals surface area contributed by atoms with E-state index in [0.29, 0.717) is 24.5 Å². The van der Waals surface area contributed by atoms with E-state index < -0.39 is 12.1 Å². The predicted molar refractivity (Wildman–Crippen MR) is 162 cm³/mol. The number of hydrogen-bond acceptors (Lipinski definition) is 6. The van der Waals surface area contributed by atoms with E-state index >= 15 is 0 Å². The Kier molecular flexibility index (Phi) is 9.69. The van der Waals surface area contributed by atoms with E-state index in [4.69, 9.17) is 4.74 Å². The van der Waals surface area contributed by atoms with Gasteiger partial charge in [-0.1, -0.05) is 72.8 Å². The molecule has 4 aromatic rings. The third kappa shape index (κ3) is 7.67. The van der Waals surface area contributed by atoms with Crippen LogP contribution in [0.3, 0.4) is 0 Å². The van der Waals surface area contributed by atoms with E-state index in [1.54, 1.807) is 24.5 Å². The van der Waals surface area contributed by atoms with Gasteiger partial charge in [-0.3, -0.25) is 14.7 Å².